The second kappa shape index (κ2) is 15.0. The molecule has 5 heterocycles. The van der Waals surface area contributed by atoms with E-state index in [9.17, 15) is 14.4 Å². The molecule has 0 spiro atoms. The van der Waals surface area contributed by atoms with Crippen molar-refractivity contribution in [3.63, 3.8) is 0 Å². The Morgan fingerprint density at radius 3 is 2.38 bits per heavy atom. The monoisotopic (exact) mass is 708 g/mol. The summed E-state index contributed by atoms with van der Waals surface area (Å²) in [7, 11) is 1.60. The number of rotatable bonds is 8. The molecule has 2 fully saturated rings. The lowest BCUT2D eigenvalue weighted by Crippen LogP contribution is -2.57. The van der Waals surface area contributed by atoms with Crippen molar-refractivity contribution < 1.29 is 23.9 Å². The molecular formula is C39H48N8O5. The Bertz CT molecular complexity index is 2090. The summed E-state index contributed by atoms with van der Waals surface area (Å²) >= 11 is 0. The van der Waals surface area contributed by atoms with E-state index in [1.165, 1.54) is 17.9 Å². The summed E-state index contributed by atoms with van der Waals surface area (Å²) in [5.74, 6) is 0.574. The Kier molecular flexibility index (Phi) is 10.5. The zero-order valence-corrected chi connectivity index (χ0v) is 30.7. The number of aromatic nitrogens is 4. The first kappa shape index (κ1) is 36.4. The molecule has 1 unspecified atom stereocenters. The highest BCUT2D eigenvalue weighted by Gasteiger charge is 2.30. The van der Waals surface area contributed by atoms with Crippen LogP contribution in [0.1, 0.15) is 79.1 Å². The van der Waals surface area contributed by atoms with Gasteiger partial charge in [0.25, 0.3) is 5.91 Å². The minimum atomic E-state index is -0.596. The number of aryl methyl sites for hydroxylation is 2. The fraction of sp³-hybridized carbons (Fsp3) is 0.410. The molecule has 13 heteroatoms. The van der Waals surface area contributed by atoms with Crippen molar-refractivity contribution in [2.75, 3.05) is 20.2 Å². The lowest BCUT2D eigenvalue weighted by atomic mass is 10.1. The second-order valence-corrected chi connectivity index (χ2v) is 14.4. The minimum absolute atomic E-state index is 0.224. The predicted molar refractivity (Wildman–Crippen MR) is 199 cm³/mol. The lowest BCUT2D eigenvalue weighted by molar-refractivity contribution is 0.0404. The Morgan fingerprint density at radius 2 is 1.75 bits per heavy atom. The van der Waals surface area contributed by atoms with Crippen LogP contribution in [0.3, 0.4) is 0 Å². The molecule has 1 aromatic carbocycles. The number of nitrogens with zero attached hydrogens (tertiary/aromatic N) is 5. The average Bonchev–Trinajstić information content (AvgIpc) is 3.79. The summed E-state index contributed by atoms with van der Waals surface area (Å²) in [5.41, 5.74) is 14.0. The molecule has 274 valence electrons. The van der Waals surface area contributed by atoms with E-state index in [1.807, 2.05) is 38.2 Å². The van der Waals surface area contributed by atoms with Crippen LogP contribution in [0.15, 0.2) is 60.7 Å². The van der Waals surface area contributed by atoms with Gasteiger partial charge in [-0.15, -0.1) is 0 Å². The zero-order valence-electron chi connectivity index (χ0n) is 30.7. The molecule has 4 N–H and O–H groups in total. The van der Waals surface area contributed by atoms with Crippen molar-refractivity contribution in [2.45, 2.75) is 78.5 Å². The van der Waals surface area contributed by atoms with Crippen LogP contribution in [-0.4, -0.2) is 73.7 Å². The summed E-state index contributed by atoms with van der Waals surface area (Å²) in [6.07, 6.45) is 3.53. The number of hydrogen-bond donors (Lipinski definition) is 3. The molecule has 1 atom stereocenters. The number of carbonyl (C=O) groups is 3. The highest BCUT2D eigenvalue weighted by atomic mass is 16.6. The Morgan fingerprint density at radius 1 is 1.00 bits per heavy atom. The van der Waals surface area contributed by atoms with Crippen LogP contribution in [0.4, 0.5) is 4.79 Å². The number of amides is 3. The van der Waals surface area contributed by atoms with Crippen molar-refractivity contribution in [3.05, 3.63) is 83.2 Å². The zero-order chi connectivity index (χ0) is 37.2. The van der Waals surface area contributed by atoms with Crippen molar-refractivity contribution in [3.8, 4) is 17.3 Å². The van der Waals surface area contributed by atoms with Crippen LogP contribution in [-0.2, 0) is 17.7 Å². The van der Waals surface area contributed by atoms with Gasteiger partial charge < -0.3 is 25.1 Å². The van der Waals surface area contributed by atoms with Crippen LogP contribution in [0.2, 0.25) is 0 Å². The van der Waals surface area contributed by atoms with Crippen molar-refractivity contribution in [1.82, 2.24) is 34.7 Å². The number of alkyl carbamates (subject to hydrolysis) is 1. The number of imidazole rings is 1. The van der Waals surface area contributed by atoms with Gasteiger partial charge in [-0.05, 0) is 95.7 Å². The highest BCUT2D eigenvalue weighted by Crippen LogP contribution is 2.37. The third-order valence-electron chi connectivity index (χ3n) is 9.14. The number of nitrogens with two attached hydrogens (primary N) is 1. The van der Waals surface area contributed by atoms with E-state index >= 15 is 0 Å². The van der Waals surface area contributed by atoms with Crippen LogP contribution >= 0.6 is 0 Å². The molecule has 13 nitrogen and oxygen atoms in total. The van der Waals surface area contributed by atoms with E-state index < -0.39 is 11.7 Å². The number of fused-ring (bicyclic) bond motifs is 2. The molecule has 1 saturated carbocycles. The molecule has 1 aliphatic heterocycles. The first-order valence-electron chi connectivity index (χ1n) is 17.8. The van der Waals surface area contributed by atoms with Gasteiger partial charge in [-0.25, -0.2) is 20.2 Å². The summed E-state index contributed by atoms with van der Waals surface area (Å²) < 4.78 is 15.5. The molecule has 1 aliphatic carbocycles. The molecule has 3 amide bonds. The largest absolute Gasteiger partial charge is 0.482 e. The number of ether oxygens (including phenoxy) is 2. The number of pyridine rings is 2. The van der Waals surface area contributed by atoms with Gasteiger partial charge in [0.05, 0.1) is 31.1 Å². The van der Waals surface area contributed by atoms with Gasteiger partial charge >= 0.3 is 6.09 Å². The lowest BCUT2D eigenvalue weighted by Gasteiger charge is -2.34. The van der Waals surface area contributed by atoms with E-state index in [0.29, 0.717) is 48.1 Å². The van der Waals surface area contributed by atoms with Crippen LogP contribution in [0.25, 0.3) is 28.1 Å². The number of methoxy groups -OCH3 is 1. The van der Waals surface area contributed by atoms with Gasteiger partial charge in [0.15, 0.2) is 5.88 Å². The molecule has 5 aromatic rings. The molecule has 0 bridgehead atoms. The smallest absolute Gasteiger partial charge is 0.407 e. The maximum absolute atomic E-state index is 13.7. The van der Waals surface area contributed by atoms with E-state index in [2.05, 4.69) is 40.4 Å². The number of carbonyl (C=O) groups excluding carboxylic acids is 3. The first-order chi connectivity index (χ1) is 24.8. The van der Waals surface area contributed by atoms with E-state index in [0.717, 1.165) is 46.8 Å². The fourth-order valence-electron chi connectivity index (χ4n) is 6.35. The molecule has 52 heavy (non-hydrogen) atoms. The Labute approximate surface area is 303 Å². The van der Waals surface area contributed by atoms with Gasteiger partial charge in [0.2, 0.25) is 5.91 Å². The van der Waals surface area contributed by atoms with Gasteiger partial charge in [-0.1, -0.05) is 25.1 Å². The molecule has 1 saturated heterocycles. The first-order valence-corrected chi connectivity index (χ1v) is 17.8. The van der Waals surface area contributed by atoms with Gasteiger partial charge in [-0.3, -0.25) is 19.0 Å². The Hall–Kier alpha value is -5.43. The fourth-order valence-corrected chi connectivity index (χ4v) is 6.35. The van der Waals surface area contributed by atoms with Gasteiger partial charge in [-0.2, -0.15) is 0 Å². The topological polar surface area (TPSA) is 158 Å². The second-order valence-electron chi connectivity index (χ2n) is 14.4. The third kappa shape index (κ3) is 8.20. The molecular weight excluding hydrogens is 660 g/mol. The molecule has 4 aromatic heterocycles. The maximum Gasteiger partial charge on any atom is 0.407 e. The molecule has 7 rings (SSSR count). The molecule has 0 radical (unpaired) electrons. The van der Waals surface area contributed by atoms with Crippen molar-refractivity contribution in [1.29, 1.82) is 0 Å². The van der Waals surface area contributed by atoms with Gasteiger partial charge in [0.1, 0.15) is 22.6 Å². The minimum Gasteiger partial charge on any atom is -0.482 e. The maximum atomic E-state index is 13.7. The molecule has 2 aliphatic rings. The van der Waals surface area contributed by atoms with E-state index in [1.54, 1.807) is 43.5 Å². The number of nitrogens with one attached hydrogen (secondary N) is 2. The van der Waals surface area contributed by atoms with Crippen LogP contribution in [0, 0.1) is 12.8 Å². The van der Waals surface area contributed by atoms with Crippen molar-refractivity contribution in [2.24, 2.45) is 11.7 Å². The van der Waals surface area contributed by atoms with Crippen molar-refractivity contribution >= 4 is 34.6 Å². The summed E-state index contributed by atoms with van der Waals surface area (Å²) in [5, 5.41) is 5.53. The quantitative estimate of drug-likeness (QED) is 0.186. The number of hydrogen-bond acceptors (Lipinski definition) is 8. The number of primary amides is 1. The summed E-state index contributed by atoms with van der Waals surface area (Å²) in [4.78, 5) is 46.5. The third-order valence-corrected chi connectivity index (χ3v) is 9.14. The number of hydrazine groups is 1. The Balaban J connectivity index is 0.000000451. The summed E-state index contributed by atoms with van der Waals surface area (Å²) in [6, 6.07) is 18.5. The number of benzene rings is 1. The van der Waals surface area contributed by atoms with Crippen LogP contribution < -0.4 is 21.2 Å². The van der Waals surface area contributed by atoms with Crippen LogP contribution in [0.5, 0.6) is 5.88 Å². The average molecular weight is 709 g/mol. The normalized spacial score (nSPS) is 16.0. The van der Waals surface area contributed by atoms with E-state index in [-0.39, 0.29) is 17.9 Å². The summed E-state index contributed by atoms with van der Waals surface area (Å²) in [6.45, 7) is 11.4. The van der Waals surface area contributed by atoms with Gasteiger partial charge in [0, 0.05) is 41.4 Å². The standard InChI is InChI=1S/C32H41N7O4.C7H7NO/c1-7-23-11-10-21-14-25(37(29(21)34-23)17-20-8-9-20)28-19(2)39-26(36-28)15-22(16-27(39)42-6)30(40)38-18-24(12-13-33-38)35-31(41)43-32(3,4)5;8-7(9)6-4-2-1-3-5-6/h10-11,14-16,20,24,33H,7-9,12-13,17-18H2,1-6H3,(H,35,41);1-5H,(H2,8,9). The predicted octanol–water partition coefficient (Wildman–Crippen LogP) is 5.67. The SMILES string of the molecule is CCc1ccc2cc(-c3nc4cc(C(=O)N5CC(NC(=O)OC(C)(C)C)CCN5)cc(OC)n4c3C)n(CC3CC3)c2n1.NC(=O)c1ccccc1. The van der Waals surface area contributed by atoms with E-state index in [4.69, 9.17) is 25.2 Å². The highest BCUT2D eigenvalue weighted by molar-refractivity contribution is 5.96.